The minimum atomic E-state index is -0.239. The lowest BCUT2D eigenvalue weighted by Gasteiger charge is -2.10. The van der Waals surface area contributed by atoms with Gasteiger partial charge in [-0.25, -0.2) is 0 Å². The van der Waals surface area contributed by atoms with Crippen molar-refractivity contribution in [2.24, 2.45) is 0 Å². The molecule has 0 aliphatic heterocycles. The maximum absolute atomic E-state index is 13.5. The lowest BCUT2D eigenvalue weighted by atomic mass is 9.98. The van der Waals surface area contributed by atoms with E-state index in [1.54, 1.807) is 72.8 Å². The number of pyridine rings is 2. The van der Waals surface area contributed by atoms with Gasteiger partial charge in [-0.2, -0.15) is 0 Å². The maximum Gasteiger partial charge on any atom is 0.193 e. The molecule has 0 unspecified atom stereocenters. The zero-order chi connectivity index (χ0) is 26.4. The lowest BCUT2D eigenvalue weighted by Crippen LogP contribution is -2.03. The van der Waals surface area contributed by atoms with E-state index in [1.165, 1.54) is 12.4 Å². The molecule has 5 nitrogen and oxygen atoms in total. The molecule has 0 fully saturated rings. The van der Waals surface area contributed by atoms with Crippen LogP contribution in [-0.2, 0) is 0 Å². The van der Waals surface area contributed by atoms with Crippen LogP contribution < -0.4 is 0 Å². The molecule has 0 saturated carbocycles. The van der Waals surface area contributed by atoms with Gasteiger partial charge >= 0.3 is 0 Å². The van der Waals surface area contributed by atoms with Crippen LogP contribution in [0.25, 0.3) is 44.1 Å². The summed E-state index contributed by atoms with van der Waals surface area (Å²) in [4.78, 5) is 22.3. The van der Waals surface area contributed by atoms with E-state index in [4.69, 9.17) is 23.2 Å². The minimum absolute atomic E-state index is 0.0653. The Bertz CT molecular complexity index is 1770. The van der Waals surface area contributed by atoms with Gasteiger partial charge in [0, 0.05) is 55.5 Å². The number of ketones is 1. The first kappa shape index (κ1) is 23.9. The molecule has 4 aromatic carbocycles. The van der Waals surface area contributed by atoms with Gasteiger partial charge in [0.25, 0.3) is 0 Å². The second-order valence-electron chi connectivity index (χ2n) is 8.84. The second kappa shape index (κ2) is 9.45. The quantitative estimate of drug-likeness (QED) is 0.222. The maximum atomic E-state index is 13.5. The average molecular weight is 537 g/mol. The van der Waals surface area contributed by atoms with Gasteiger partial charge in [-0.15, -0.1) is 0 Å². The summed E-state index contributed by atoms with van der Waals surface area (Å²) in [5.74, 6) is -0.109. The van der Waals surface area contributed by atoms with Crippen LogP contribution in [0.3, 0.4) is 0 Å². The minimum Gasteiger partial charge on any atom is -0.507 e. The topological polar surface area (TPSA) is 83.3 Å². The standard InChI is InChI=1S/C31H18Cl2N2O3/c32-21-3-7-23-17(13-21)1-5-25(30(23)37)27-15-19(9-11-34-27)29(36)20-10-12-35-28(16-20)26-6-2-18-14-22(33)4-8-24(18)31(26)38/h1-16,37-38H. The molecule has 0 aliphatic carbocycles. The molecule has 0 spiro atoms. The number of rotatable bonds is 4. The lowest BCUT2D eigenvalue weighted by molar-refractivity contribution is 0.103. The van der Waals surface area contributed by atoms with Gasteiger partial charge in [0.15, 0.2) is 5.78 Å². The van der Waals surface area contributed by atoms with Crippen molar-refractivity contribution in [2.45, 2.75) is 0 Å². The third-order valence-electron chi connectivity index (χ3n) is 6.50. The van der Waals surface area contributed by atoms with E-state index in [1.807, 2.05) is 12.1 Å². The fourth-order valence-corrected chi connectivity index (χ4v) is 4.95. The van der Waals surface area contributed by atoms with Crippen LogP contribution in [0.15, 0.2) is 97.3 Å². The van der Waals surface area contributed by atoms with Crippen LogP contribution in [-0.4, -0.2) is 26.0 Å². The van der Waals surface area contributed by atoms with Crippen LogP contribution in [0.2, 0.25) is 10.0 Å². The first-order valence-corrected chi connectivity index (χ1v) is 12.4. The van der Waals surface area contributed by atoms with Crippen LogP contribution in [0.1, 0.15) is 15.9 Å². The molecule has 0 amide bonds. The fraction of sp³-hybridized carbons (Fsp3) is 0. The highest BCUT2D eigenvalue weighted by atomic mass is 35.5. The smallest absolute Gasteiger partial charge is 0.193 e. The predicted molar refractivity (Wildman–Crippen MR) is 151 cm³/mol. The molecule has 6 aromatic rings. The van der Waals surface area contributed by atoms with Gasteiger partial charge in [0.05, 0.1) is 11.4 Å². The molecular weight excluding hydrogens is 519 g/mol. The van der Waals surface area contributed by atoms with E-state index >= 15 is 0 Å². The van der Waals surface area contributed by atoms with Gasteiger partial charge < -0.3 is 10.2 Å². The zero-order valence-electron chi connectivity index (χ0n) is 19.7. The van der Waals surface area contributed by atoms with E-state index in [9.17, 15) is 15.0 Å². The first-order chi connectivity index (χ1) is 18.4. The predicted octanol–water partition coefficient (Wildman–Crippen LogP) is 8.07. The summed E-state index contributed by atoms with van der Waals surface area (Å²) in [6, 6.07) is 24.2. The number of benzene rings is 4. The van der Waals surface area contributed by atoms with Gasteiger partial charge in [-0.05, 0) is 83.6 Å². The first-order valence-electron chi connectivity index (χ1n) is 11.7. The van der Waals surface area contributed by atoms with Crippen LogP contribution >= 0.6 is 23.2 Å². The molecule has 2 heterocycles. The number of phenols is 2. The Morgan fingerprint density at radius 2 is 1.03 bits per heavy atom. The molecule has 6 rings (SSSR count). The Balaban J connectivity index is 1.37. The Kier molecular flexibility index (Phi) is 5.95. The number of nitrogens with zero attached hydrogens (tertiary/aromatic N) is 2. The number of carbonyl (C=O) groups is 1. The third-order valence-corrected chi connectivity index (χ3v) is 6.97. The Morgan fingerprint density at radius 3 is 1.47 bits per heavy atom. The number of hydrogen-bond donors (Lipinski definition) is 2. The molecule has 38 heavy (non-hydrogen) atoms. The van der Waals surface area contributed by atoms with Gasteiger partial charge in [-0.1, -0.05) is 35.3 Å². The molecule has 0 bridgehead atoms. The van der Waals surface area contributed by atoms with Gasteiger partial charge in [0.1, 0.15) is 11.5 Å². The fourth-order valence-electron chi connectivity index (χ4n) is 4.59. The SMILES string of the molecule is O=C(c1ccnc(-c2ccc3cc(Cl)ccc3c2O)c1)c1ccnc(-c2ccc3cc(Cl)ccc3c2O)c1. The Morgan fingerprint density at radius 1 is 0.579 bits per heavy atom. The molecular formula is C31H18Cl2N2O3. The monoisotopic (exact) mass is 536 g/mol. The molecule has 184 valence electrons. The van der Waals surface area contributed by atoms with Crippen molar-refractivity contribution < 1.29 is 15.0 Å². The van der Waals surface area contributed by atoms with E-state index < -0.39 is 0 Å². The summed E-state index contributed by atoms with van der Waals surface area (Å²) in [7, 11) is 0. The van der Waals surface area contributed by atoms with Crippen LogP contribution in [0, 0.1) is 0 Å². The highest BCUT2D eigenvalue weighted by molar-refractivity contribution is 6.31. The molecule has 0 aliphatic rings. The number of carbonyl (C=O) groups excluding carboxylic acids is 1. The number of phenolic OH excluding ortho intramolecular Hbond substituents is 2. The number of hydrogen-bond acceptors (Lipinski definition) is 5. The van der Waals surface area contributed by atoms with Crippen molar-refractivity contribution in [1.82, 2.24) is 9.97 Å². The van der Waals surface area contributed by atoms with Crippen molar-refractivity contribution in [2.75, 3.05) is 0 Å². The zero-order valence-corrected chi connectivity index (χ0v) is 21.2. The molecule has 0 radical (unpaired) electrons. The third kappa shape index (κ3) is 4.22. The summed E-state index contributed by atoms with van der Waals surface area (Å²) < 4.78 is 0. The van der Waals surface area contributed by atoms with E-state index in [2.05, 4.69) is 9.97 Å². The van der Waals surface area contributed by atoms with Crippen LogP contribution in [0.5, 0.6) is 11.5 Å². The summed E-state index contributed by atoms with van der Waals surface area (Å²) in [6.07, 6.45) is 3.08. The highest BCUT2D eigenvalue weighted by Gasteiger charge is 2.17. The molecule has 2 aromatic heterocycles. The highest BCUT2D eigenvalue weighted by Crippen LogP contribution is 2.38. The molecule has 7 heteroatoms. The van der Waals surface area contributed by atoms with Crippen molar-refractivity contribution in [3.63, 3.8) is 0 Å². The van der Waals surface area contributed by atoms with Crippen molar-refractivity contribution in [1.29, 1.82) is 0 Å². The largest absolute Gasteiger partial charge is 0.507 e. The normalized spacial score (nSPS) is 11.2. The average Bonchev–Trinajstić information content (AvgIpc) is 2.93. The second-order valence-corrected chi connectivity index (χ2v) is 9.72. The Labute approximate surface area is 227 Å². The van der Waals surface area contributed by atoms with E-state index in [0.29, 0.717) is 54.5 Å². The summed E-state index contributed by atoms with van der Waals surface area (Å²) in [5.41, 5.74) is 2.74. The van der Waals surface area contributed by atoms with Crippen LogP contribution in [0.4, 0.5) is 0 Å². The number of aromatic nitrogens is 2. The molecule has 2 N–H and O–H groups in total. The molecule has 0 atom stereocenters. The van der Waals surface area contributed by atoms with Crippen molar-refractivity contribution in [3.05, 3.63) is 118 Å². The summed E-state index contributed by atoms with van der Waals surface area (Å²) >= 11 is 12.2. The summed E-state index contributed by atoms with van der Waals surface area (Å²) in [5, 5.41) is 25.9. The number of fused-ring (bicyclic) bond motifs is 2. The van der Waals surface area contributed by atoms with E-state index in [0.717, 1.165) is 10.8 Å². The van der Waals surface area contributed by atoms with E-state index in [-0.39, 0.29) is 17.3 Å². The van der Waals surface area contributed by atoms with Crippen molar-refractivity contribution >= 4 is 50.5 Å². The molecule has 0 saturated heterocycles. The van der Waals surface area contributed by atoms with Crippen molar-refractivity contribution in [3.8, 4) is 34.0 Å². The van der Waals surface area contributed by atoms with Gasteiger partial charge in [-0.3, -0.25) is 14.8 Å². The van der Waals surface area contributed by atoms with Gasteiger partial charge in [0.2, 0.25) is 0 Å². The Hall–Kier alpha value is -4.45. The number of halogens is 2. The number of aromatic hydroxyl groups is 2. The summed E-state index contributed by atoms with van der Waals surface area (Å²) in [6.45, 7) is 0.